The highest BCUT2D eigenvalue weighted by molar-refractivity contribution is 6.31. The van der Waals surface area contributed by atoms with Crippen LogP contribution in [0.4, 0.5) is 0 Å². The van der Waals surface area contributed by atoms with Crippen molar-refractivity contribution < 1.29 is 14.7 Å². The molecule has 2 rings (SSSR count). The van der Waals surface area contributed by atoms with E-state index in [-0.39, 0.29) is 5.82 Å². The van der Waals surface area contributed by atoms with Gasteiger partial charge in [-0.3, -0.25) is 26.2 Å². The first-order chi connectivity index (χ1) is 14.3. The van der Waals surface area contributed by atoms with Gasteiger partial charge in [0.2, 0.25) is 5.91 Å². The van der Waals surface area contributed by atoms with Crippen molar-refractivity contribution in [1.29, 1.82) is 0 Å². The standard InChI is InChI=1S/C21H28ClN5O3/c1-3-18(21(29)30)25-19(20(28)24-13(2)26-27-23)11-14-7-9-15(10-8-14)16-5-4-6-17(22)12-16/h6-10,12,18-19,25-27H,2-5,11,23H2,1H3,(H,24,28)(H,29,30)/t18-,19-/m0/s1. The third kappa shape index (κ3) is 7.00. The topological polar surface area (TPSA) is 129 Å². The van der Waals surface area contributed by atoms with Crippen LogP contribution < -0.4 is 27.4 Å². The third-order valence-electron chi connectivity index (χ3n) is 4.75. The first kappa shape index (κ1) is 23.6. The van der Waals surface area contributed by atoms with Crippen LogP contribution in [0.25, 0.3) is 5.57 Å². The number of hydrazine groups is 2. The van der Waals surface area contributed by atoms with E-state index in [1.54, 1.807) is 6.92 Å². The largest absolute Gasteiger partial charge is 0.480 e. The molecule has 1 aliphatic rings. The predicted molar refractivity (Wildman–Crippen MR) is 118 cm³/mol. The Morgan fingerprint density at radius 2 is 1.97 bits per heavy atom. The van der Waals surface area contributed by atoms with Crippen molar-refractivity contribution in [2.45, 2.75) is 44.7 Å². The SMILES string of the molecule is C=C(NNN)NC(=O)[C@H](Cc1ccc(C2=CC(Cl)=CCC2)cc1)N[C@@H](CC)C(=O)O. The van der Waals surface area contributed by atoms with Crippen LogP contribution in [0.15, 0.2) is 53.8 Å². The molecule has 0 fully saturated rings. The summed E-state index contributed by atoms with van der Waals surface area (Å²) in [4.78, 5) is 24.1. The molecule has 8 nitrogen and oxygen atoms in total. The summed E-state index contributed by atoms with van der Waals surface area (Å²) in [6, 6.07) is 6.20. The predicted octanol–water partition coefficient (Wildman–Crippen LogP) is 1.91. The van der Waals surface area contributed by atoms with E-state index in [0.29, 0.717) is 12.8 Å². The smallest absolute Gasteiger partial charge is 0.320 e. The zero-order chi connectivity index (χ0) is 22.1. The van der Waals surface area contributed by atoms with E-state index in [1.807, 2.05) is 36.4 Å². The lowest BCUT2D eigenvalue weighted by Gasteiger charge is -2.23. The highest BCUT2D eigenvalue weighted by atomic mass is 35.5. The summed E-state index contributed by atoms with van der Waals surface area (Å²) < 4.78 is 0. The Labute approximate surface area is 181 Å². The number of carbonyl (C=O) groups is 2. The van der Waals surface area contributed by atoms with Crippen molar-refractivity contribution in [3.8, 4) is 0 Å². The van der Waals surface area contributed by atoms with E-state index >= 15 is 0 Å². The Hall–Kier alpha value is -2.65. The Kier molecular flexibility index (Phi) is 9.07. The molecule has 30 heavy (non-hydrogen) atoms. The van der Waals surface area contributed by atoms with Crippen molar-refractivity contribution in [2.75, 3.05) is 0 Å². The number of nitrogens with two attached hydrogens (primary N) is 1. The average Bonchev–Trinajstić information content (AvgIpc) is 2.71. The number of aliphatic carboxylic acids is 1. The van der Waals surface area contributed by atoms with Crippen LogP contribution in [-0.2, 0) is 16.0 Å². The van der Waals surface area contributed by atoms with Crippen LogP contribution in [0.5, 0.6) is 0 Å². The average molecular weight is 434 g/mol. The first-order valence-corrected chi connectivity index (χ1v) is 10.1. The fourth-order valence-corrected chi connectivity index (χ4v) is 3.41. The number of allylic oxidation sites excluding steroid dienone is 4. The molecular weight excluding hydrogens is 406 g/mol. The molecular formula is C21H28ClN5O3. The Balaban J connectivity index is 2.15. The van der Waals surface area contributed by atoms with Crippen LogP contribution >= 0.6 is 11.6 Å². The maximum Gasteiger partial charge on any atom is 0.320 e. The highest BCUT2D eigenvalue weighted by Crippen LogP contribution is 2.28. The second-order valence-corrected chi connectivity index (χ2v) is 7.39. The molecule has 0 saturated carbocycles. The molecule has 9 heteroatoms. The Morgan fingerprint density at radius 3 is 2.53 bits per heavy atom. The summed E-state index contributed by atoms with van der Waals surface area (Å²) in [5.74, 6) is 3.87. The molecule has 1 amide bonds. The molecule has 0 bridgehead atoms. The van der Waals surface area contributed by atoms with E-state index in [9.17, 15) is 14.7 Å². The quantitative estimate of drug-likeness (QED) is 0.232. The molecule has 1 aromatic carbocycles. The minimum Gasteiger partial charge on any atom is -0.480 e. The van der Waals surface area contributed by atoms with Crippen molar-refractivity contribution in [1.82, 2.24) is 21.6 Å². The number of hydrogen-bond acceptors (Lipinski definition) is 6. The molecule has 162 valence electrons. The minimum atomic E-state index is -1.01. The van der Waals surface area contributed by atoms with Gasteiger partial charge in [0.1, 0.15) is 11.9 Å². The van der Waals surface area contributed by atoms with Crippen LogP contribution in [0.2, 0.25) is 0 Å². The van der Waals surface area contributed by atoms with E-state index in [1.165, 1.54) is 0 Å². The van der Waals surface area contributed by atoms with Gasteiger partial charge in [0.05, 0.1) is 6.04 Å². The molecule has 7 N–H and O–H groups in total. The first-order valence-electron chi connectivity index (χ1n) is 9.69. The fourth-order valence-electron chi connectivity index (χ4n) is 3.17. The molecule has 2 atom stereocenters. The number of carbonyl (C=O) groups excluding carboxylic acids is 1. The number of amides is 1. The summed E-state index contributed by atoms with van der Waals surface area (Å²) in [5, 5.41) is 15.6. The molecule has 0 heterocycles. The second-order valence-electron chi connectivity index (χ2n) is 6.95. The Morgan fingerprint density at radius 1 is 1.27 bits per heavy atom. The normalized spacial score (nSPS) is 15.4. The summed E-state index contributed by atoms with van der Waals surface area (Å²) in [5.41, 5.74) is 7.77. The van der Waals surface area contributed by atoms with Crippen LogP contribution in [-0.4, -0.2) is 29.1 Å². The van der Waals surface area contributed by atoms with Gasteiger partial charge in [-0.15, -0.1) is 0 Å². The van der Waals surface area contributed by atoms with E-state index in [0.717, 1.165) is 34.6 Å². The summed E-state index contributed by atoms with van der Waals surface area (Å²) in [6.07, 6.45) is 6.42. The molecule has 1 aliphatic carbocycles. The second kappa shape index (κ2) is 11.5. The number of nitrogens with one attached hydrogen (secondary N) is 4. The number of rotatable bonds is 11. The molecule has 0 spiro atoms. The summed E-state index contributed by atoms with van der Waals surface area (Å²) >= 11 is 6.11. The van der Waals surface area contributed by atoms with E-state index in [4.69, 9.17) is 17.4 Å². The van der Waals surface area contributed by atoms with Crippen LogP contribution in [0.1, 0.15) is 37.3 Å². The number of halogens is 1. The lowest BCUT2D eigenvalue weighted by Crippen LogP contribution is -2.53. The zero-order valence-corrected chi connectivity index (χ0v) is 17.6. The van der Waals surface area contributed by atoms with Gasteiger partial charge >= 0.3 is 5.97 Å². The summed E-state index contributed by atoms with van der Waals surface area (Å²) in [7, 11) is 0. The van der Waals surface area contributed by atoms with Crippen LogP contribution in [0, 0.1) is 0 Å². The van der Waals surface area contributed by atoms with Crippen molar-refractivity contribution in [3.05, 3.63) is 65.0 Å². The number of benzene rings is 1. The lowest BCUT2D eigenvalue weighted by molar-refractivity contribution is -0.140. The number of carboxylic acid groups (broad SMARTS) is 1. The fraction of sp³-hybridized carbons (Fsp3) is 0.333. The van der Waals surface area contributed by atoms with E-state index in [2.05, 4.69) is 28.2 Å². The van der Waals surface area contributed by atoms with Gasteiger partial charge in [0, 0.05) is 5.03 Å². The molecule has 0 aromatic heterocycles. The van der Waals surface area contributed by atoms with Gasteiger partial charge < -0.3 is 10.4 Å². The molecule has 0 aliphatic heterocycles. The van der Waals surface area contributed by atoms with Crippen LogP contribution in [0.3, 0.4) is 0 Å². The third-order valence-corrected chi connectivity index (χ3v) is 5.02. The van der Waals surface area contributed by atoms with Gasteiger partial charge in [0.15, 0.2) is 0 Å². The number of carboxylic acids is 1. The maximum absolute atomic E-state index is 12.7. The highest BCUT2D eigenvalue weighted by Gasteiger charge is 2.25. The van der Waals surface area contributed by atoms with Gasteiger partial charge in [-0.2, -0.15) is 5.53 Å². The van der Waals surface area contributed by atoms with E-state index < -0.39 is 24.0 Å². The van der Waals surface area contributed by atoms with Gasteiger partial charge in [-0.05, 0) is 48.5 Å². The minimum absolute atomic E-state index is 0.155. The Bertz CT molecular complexity index is 836. The lowest BCUT2D eigenvalue weighted by atomic mass is 9.95. The summed E-state index contributed by atoms with van der Waals surface area (Å²) in [6.45, 7) is 5.37. The van der Waals surface area contributed by atoms with Gasteiger partial charge in [-0.1, -0.05) is 55.4 Å². The van der Waals surface area contributed by atoms with Crippen molar-refractivity contribution in [2.24, 2.45) is 5.84 Å². The van der Waals surface area contributed by atoms with Crippen molar-refractivity contribution >= 4 is 29.1 Å². The zero-order valence-electron chi connectivity index (χ0n) is 16.9. The molecule has 0 unspecified atom stereocenters. The molecule has 1 aromatic rings. The maximum atomic E-state index is 12.7. The van der Waals surface area contributed by atoms with Gasteiger partial charge in [0.25, 0.3) is 0 Å². The number of hydrogen-bond donors (Lipinski definition) is 6. The molecule has 0 radical (unpaired) electrons. The van der Waals surface area contributed by atoms with Crippen molar-refractivity contribution in [3.63, 3.8) is 0 Å². The molecule has 0 saturated heterocycles. The monoisotopic (exact) mass is 433 g/mol. The van der Waals surface area contributed by atoms with Gasteiger partial charge in [-0.25, -0.2) is 0 Å².